The normalized spacial score (nSPS) is 11.1. The summed E-state index contributed by atoms with van der Waals surface area (Å²) in [6.45, 7) is 1.65. The largest absolute Gasteiger partial charge is 0.399 e. The van der Waals surface area contributed by atoms with Gasteiger partial charge in [-0.05, 0) is 37.3 Å². The average molecular weight is 364 g/mol. The van der Waals surface area contributed by atoms with Crippen molar-refractivity contribution in [1.29, 1.82) is 0 Å². The molecule has 0 atom stereocenters. The molecule has 0 saturated carbocycles. The second-order valence-corrected chi connectivity index (χ2v) is 6.14. The van der Waals surface area contributed by atoms with Crippen molar-refractivity contribution in [1.82, 2.24) is 14.6 Å². The second-order valence-electron chi connectivity index (χ2n) is 6.14. The zero-order valence-corrected chi connectivity index (χ0v) is 14.3. The number of hydrogen-bond donors (Lipinski definition) is 1. The highest BCUT2D eigenvalue weighted by Crippen LogP contribution is 2.27. The van der Waals surface area contributed by atoms with E-state index < -0.39 is 11.6 Å². The maximum Gasteiger partial charge on any atom is 0.275 e. The van der Waals surface area contributed by atoms with Crippen molar-refractivity contribution >= 4 is 11.3 Å². The Balaban J connectivity index is 1.94. The van der Waals surface area contributed by atoms with E-state index in [2.05, 4.69) is 10.1 Å². The molecule has 2 aromatic heterocycles. The topological polar surface area (TPSA) is 73.3 Å². The van der Waals surface area contributed by atoms with Crippen LogP contribution in [0, 0.1) is 18.6 Å². The number of aromatic nitrogens is 3. The van der Waals surface area contributed by atoms with Crippen LogP contribution in [0.15, 0.2) is 59.4 Å². The van der Waals surface area contributed by atoms with E-state index >= 15 is 0 Å². The molecule has 134 valence electrons. The fourth-order valence-electron chi connectivity index (χ4n) is 2.91. The average Bonchev–Trinajstić information content (AvgIpc) is 2.63. The first-order valence-corrected chi connectivity index (χ1v) is 8.15. The molecule has 2 N–H and O–H groups in total. The van der Waals surface area contributed by atoms with Gasteiger partial charge in [-0.25, -0.2) is 13.8 Å². The van der Waals surface area contributed by atoms with Crippen molar-refractivity contribution in [3.63, 3.8) is 0 Å². The van der Waals surface area contributed by atoms with Gasteiger partial charge in [0.25, 0.3) is 5.56 Å². The van der Waals surface area contributed by atoms with Crippen molar-refractivity contribution in [3.05, 3.63) is 82.3 Å². The summed E-state index contributed by atoms with van der Waals surface area (Å²) < 4.78 is 28.6. The van der Waals surface area contributed by atoms with E-state index in [1.165, 1.54) is 18.2 Å². The molecule has 0 amide bonds. The van der Waals surface area contributed by atoms with Gasteiger partial charge in [0.15, 0.2) is 5.65 Å². The van der Waals surface area contributed by atoms with Gasteiger partial charge in [-0.3, -0.25) is 4.79 Å². The third kappa shape index (κ3) is 3.03. The zero-order chi connectivity index (χ0) is 19.1. The molecule has 0 bridgehead atoms. The lowest BCUT2D eigenvalue weighted by molar-refractivity contribution is 0.585. The Morgan fingerprint density at radius 3 is 2.41 bits per heavy atom. The van der Waals surface area contributed by atoms with Crippen molar-refractivity contribution in [2.45, 2.75) is 6.92 Å². The SMILES string of the molecule is Cc1nn2c(=O)cc(-c3ccc(N)cc3)nc2cc1-c1ccc(F)cc1F. The summed E-state index contributed by atoms with van der Waals surface area (Å²) in [5, 5.41) is 4.23. The van der Waals surface area contributed by atoms with Gasteiger partial charge in [-0.15, -0.1) is 0 Å². The Morgan fingerprint density at radius 2 is 1.70 bits per heavy atom. The minimum Gasteiger partial charge on any atom is -0.399 e. The number of halogens is 2. The van der Waals surface area contributed by atoms with Crippen LogP contribution in [0.3, 0.4) is 0 Å². The fraction of sp³-hybridized carbons (Fsp3) is 0.0500. The van der Waals surface area contributed by atoms with E-state index in [1.54, 1.807) is 37.3 Å². The van der Waals surface area contributed by atoms with E-state index in [1.807, 2.05) is 0 Å². The van der Waals surface area contributed by atoms with Crippen molar-refractivity contribution in [2.24, 2.45) is 0 Å². The van der Waals surface area contributed by atoms with Crippen LogP contribution in [0.1, 0.15) is 5.69 Å². The smallest absolute Gasteiger partial charge is 0.275 e. The lowest BCUT2D eigenvalue weighted by atomic mass is 10.0. The maximum atomic E-state index is 14.2. The standard InChI is InChI=1S/C20H14F2N4O/c1-11-16(15-7-4-13(21)8-17(15)22)9-19-24-18(10-20(27)26(19)25-11)12-2-5-14(23)6-3-12/h2-10H,23H2,1H3. The lowest BCUT2D eigenvalue weighted by Gasteiger charge is -2.10. The quantitative estimate of drug-likeness (QED) is 0.552. The van der Waals surface area contributed by atoms with Crippen LogP contribution in [0.2, 0.25) is 0 Å². The predicted molar refractivity (Wildman–Crippen MR) is 99.2 cm³/mol. The molecule has 5 nitrogen and oxygen atoms in total. The van der Waals surface area contributed by atoms with Crippen LogP contribution in [0.25, 0.3) is 28.0 Å². The first kappa shape index (κ1) is 16.8. The highest BCUT2D eigenvalue weighted by molar-refractivity contribution is 5.71. The van der Waals surface area contributed by atoms with Gasteiger partial charge < -0.3 is 5.73 Å². The fourth-order valence-corrected chi connectivity index (χ4v) is 2.91. The Bertz CT molecular complexity index is 1230. The van der Waals surface area contributed by atoms with Crippen LogP contribution in [-0.4, -0.2) is 14.6 Å². The number of benzene rings is 2. The molecular formula is C20H14F2N4O. The van der Waals surface area contributed by atoms with E-state index in [0.29, 0.717) is 22.6 Å². The molecule has 0 radical (unpaired) electrons. The van der Waals surface area contributed by atoms with Crippen LogP contribution in [0.4, 0.5) is 14.5 Å². The summed E-state index contributed by atoms with van der Waals surface area (Å²) in [5.74, 6) is -1.37. The van der Waals surface area contributed by atoms with Crippen molar-refractivity contribution in [2.75, 3.05) is 5.73 Å². The summed E-state index contributed by atoms with van der Waals surface area (Å²) in [4.78, 5) is 16.9. The summed E-state index contributed by atoms with van der Waals surface area (Å²) in [6.07, 6.45) is 0. The molecule has 2 aromatic carbocycles. The number of nitrogens with two attached hydrogens (primary N) is 1. The molecule has 0 fully saturated rings. The summed E-state index contributed by atoms with van der Waals surface area (Å²) in [7, 11) is 0. The molecule has 0 unspecified atom stereocenters. The molecule has 0 spiro atoms. The molecular weight excluding hydrogens is 350 g/mol. The van der Waals surface area contributed by atoms with E-state index in [9.17, 15) is 13.6 Å². The van der Waals surface area contributed by atoms with Gasteiger partial charge in [-0.2, -0.15) is 9.61 Å². The van der Waals surface area contributed by atoms with E-state index in [-0.39, 0.29) is 16.8 Å². The van der Waals surface area contributed by atoms with Gasteiger partial charge >= 0.3 is 0 Å². The first-order valence-electron chi connectivity index (χ1n) is 8.15. The number of nitrogens with zero attached hydrogens (tertiary/aromatic N) is 3. The number of nitrogen functional groups attached to an aromatic ring is 1. The van der Waals surface area contributed by atoms with Gasteiger partial charge in [-0.1, -0.05) is 12.1 Å². The Morgan fingerprint density at radius 1 is 0.963 bits per heavy atom. The van der Waals surface area contributed by atoms with Crippen molar-refractivity contribution < 1.29 is 8.78 Å². The van der Waals surface area contributed by atoms with Crippen LogP contribution in [-0.2, 0) is 0 Å². The number of aryl methyl sites for hydroxylation is 1. The summed E-state index contributed by atoms with van der Waals surface area (Å²) >= 11 is 0. The van der Waals surface area contributed by atoms with Gasteiger partial charge in [0.1, 0.15) is 11.6 Å². The van der Waals surface area contributed by atoms with Crippen LogP contribution < -0.4 is 11.3 Å². The number of rotatable bonds is 2. The Hall–Kier alpha value is -3.61. The highest BCUT2D eigenvalue weighted by Gasteiger charge is 2.14. The number of anilines is 1. The minimum absolute atomic E-state index is 0.191. The summed E-state index contributed by atoms with van der Waals surface area (Å²) in [6, 6.07) is 13.2. The van der Waals surface area contributed by atoms with Crippen LogP contribution >= 0.6 is 0 Å². The highest BCUT2D eigenvalue weighted by atomic mass is 19.1. The van der Waals surface area contributed by atoms with Gasteiger partial charge in [0, 0.05) is 34.5 Å². The molecule has 0 aliphatic rings. The first-order chi connectivity index (χ1) is 12.9. The lowest BCUT2D eigenvalue weighted by Crippen LogP contribution is -2.18. The van der Waals surface area contributed by atoms with Crippen molar-refractivity contribution in [3.8, 4) is 22.4 Å². The monoisotopic (exact) mass is 364 g/mol. The third-order valence-electron chi connectivity index (χ3n) is 4.26. The molecule has 4 rings (SSSR count). The van der Waals surface area contributed by atoms with Crippen LogP contribution in [0.5, 0.6) is 0 Å². The molecule has 27 heavy (non-hydrogen) atoms. The number of fused-ring (bicyclic) bond motifs is 1. The summed E-state index contributed by atoms with van der Waals surface area (Å²) in [5.41, 5.74) is 8.43. The molecule has 0 saturated heterocycles. The van der Waals surface area contributed by atoms with E-state index in [4.69, 9.17) is 5.73 Å². The minimum atomic E-state index is -0.707. The predicted octanol–water partition coefficient (Wildman–Crippen LogP) is 3.59. The Labute approximate surface area is 152 Å². The maximum absolute atomic E-state index is 14.2. The van der Waals surface area contributed by atoms with Gasteiger partial charge in [0.2, 0.25) is 0 Å². The zero-order valence-electron chi connectivity index (χ0n) is 14.3. The molecule has 0 aliphatic carbocycles. The molecule has 2 heterocycles. The third-order valence-corrected chi connectivity index (χ3v) is 4.26. The molecule has 0 aliphatic heterocycles. The molecule has 4 aromatic rings. The van der Waals surface area contributed by atoms with Gasteiger partial charge in [0.05, 0.1) is 11.4 Å². The van der Waals surface area contributed by atoms with E-state index in [0.717, 1.165) is 16.1 Å². The second kappa shape index (κ2) is 6.28. The Kier molecular flexibility index (Phi) is 3.92. The number of hydrogen-bond acceptors (Lipinski definition) is 4. The molecule has 7 heteroatoms.